The van der Waals surface area contributed by atoms with Gasteiger partial charge < -0.3 is 9.72 Å². The zero-order chi connectivity index (χ0) is 14.0. The molecule has 0 aliphatic carbocycles. The summed E-state index contributed by atoms with van der Waals surface area (Å²) in [4.78, 5) is 19.0. The topological polar surface area (TPSA) is 55.0 Å². The first-order chi connectivity index (χ1) is 9.01. The van der Waals surface area contributed by atoms with Crippen LogP contribution >= 0.6 is 15.9 Å². The van der Waals surface area contributed by atoms with Gasteiger partial charge in [-0.05, 0) is 24.1 Å². The van der Waals surface area contributed by atoms with Gasteiger partial charge in [-0.15, -0.1) is 0 Å². The maximum Gasteiger partial charge on any atom is 0.251 e. The second kappa shape index (κ2) is 5.57. The summed E-state index contributed by atoms with van der Waals surface area (Å²) in [5.74, 6) is 1.46. The number of rotatable bonds is 3. The molecule has 0 fully saturated rings. The Morgan fingerprint density at radius 3 is 2.68 bits per heavy atom. The fraction of sp³-hybridized carbons (Fsp3) is 0.286. The van der Waals surface area contributed by atoms with Gasteiger partial charge in [-0.1, -0.05) is 29.8 Å². The minimum Gasteiger partial charge on any atom is -0.497 e. The van der Waals surface area contributed by atoms with Crippen molar-refractivity contribution in [2.75, 3.05) is 7.11 Å². The molecular formula is C14H15BrN2O2. The van der Waals surface area contributed by atoms with E-state index >= 15 is 0 Å². The number of nitrogens with zero attached hydrogens (tertiary/aromatic N) is 1. The Balaban J connectivity index is 2.61. The minimum atomic E-state index is -0.150. The summed E-state index contributed by atoms with van der Waals surface area (Å²) in [5, 5.41) is 0. The second-order valence-electron chi connectivity index (χ2n) is 4.52. The van der Waals surface area contributed by atoms with Gasteiger partial charge in [0, 0.05) is 16.1 Å². The molecular weight excluding hydrogens is 308 g/mol. The number of methoxy groups -OCH3 is 1. The predicted molar refractivity (Wildman–Crippen MR) is 78.6 cm³/mol. The average molecular weight is 323 g/mol. The molecule has 1 heterocycles. The van der Waals surface area contributed by atoms with Crippen LogP contribution in [-0.4, -0.2) is 17.1 Å². The molecule has 0 atom stereocenters. The Hall–Kier alpha value is -1.62. The molecule has 5 heteroatoms. The van der Waals surface area contributed by atoms with Crippen molar-refractivity contribution in [3.05, 3.63) is 44.8 Å². The smallest absolute Gasteiger partial charge is 0.251 e. The molecule has 4 nitrogen and oxygen atoms in total. The van der Waals surface area contributed by atoms with Gasteiger partial charge in [-0.25, -0.2) is 4.98 Å². The van der Waals surface area contributed by atoms with Crippen LogP contribution in [-0.2, 0) is 0 Å². The molecule has 1 N–H and O–H groups in total. The number of hydrogen-bond donors (Lipinski definition) is 1. The largest absolute Gasteiger partial charge is 0.497 e. The van der Waals surface area contributed by atoms with E-state index in [1.165, 1.54) is 6.07 Å². The third-order valence-corrected chi connectivity index (χ3v) is 3.47. The quantitative estimate of drug-likeness (QED) is 0.943. The van der Waals surface area contributed by atoms with Crippen molar-refractivity contribution in [3.63, 3.8) is 0 Å². The molecule has 0 radical (unpaired) electrons. The molecule has 2 aromatic rings. The molecule has 0 bridgehead atoms. The molecule has 0 saturated heterocycles. The molecule has 0 spiro atoms. The Morgan fingerprint density at radius 1 is 1.32 bits per heavy atom. The highest BCUT2D eigenvalue weighted by Crippen LogP contribution is 2.29. The molecule has 0 aliphatic heterocycles. The van der Waals surface area contributed by atoms with Gasteiger partial charge in [0.1, 0.15) is 11.6 Å². The molecule has 0 amide bonds. The lowest BCUT2D eigenvalue weighted by Gasteiger charge is -2.09. The first-order valence-corrected chi connectivity index (χ1v) is 6.75. The molecule has 0 saturated carbocycles. The van der Waals surface area contributed by atoms with Crippen LogP contribution in [0.25, 0.3) is 11.4 Å². The van der Waals surface area contributed by atoms with Crippen LogP contribution in [0, 0.1) is 0 Å². The SMILES string of the molecule is COc1ccc(Br)c(-c2nc(C(C)C)cc(=O)[nH]2)c1. The summed E-state index contributed by atoms with van der Waals surface area (Å²) in [7, 11) is 1.60. The second-order valence-corrected chi connectivity index (χ2v) is 5.37. The highest BCUT2D eigenvalue weighted by Gasteiger charge is 2.10. The number of aromatic amines is 1. The first-order valence-electron chi connectivity index (χ1n) is 5.96. The average Bonchev–Trinajstić information content (AvgIpc) is 2.38. The monoisotopic (exact) mass is 322 g/mol. The van der Waals surface area contributed by atoms with Crippen molar-refractivity contribution in [2.45, 2.75) is 19.8 Å². The number of H-pyrrole nitrogens is 1. The van der Waals surface area contributed by atoms with Crippen molar-refractivity contribution in [1.82, 2.24) is 9.97 Å². The van der Waals surface area contributed by atoms with Crippen LogP contribution < -0.4 is 10.3 Å². The van der Waals surface area contributed by atoms with Crippen LogP contribution in [0.2, 0.25) is 0 Å². The van der Waals surface area contributed by atoms with Gasteiger partial charge in [0.2, 0.25) is 0 Å². The lowest BCUT2D eigenvalue weighted by molar-refractivity contribution is 0.415. The van der Waals surface area contributed by atoms with E-state index in [9.17, 15) is 4.79 Å². The molecule has 1 aromatic heterocycles. The van der Waals surface area contributed by atoms with E-state index in [2.05, 4.69) is 25.9 Å². The predicted octanol–water partition coefficient (Wildman–Crippen LogP) is 3.33. The lowest BCUT2D eigenvalue weighted by Crippen LogP contribution is -2.11. The van der Waals surface area contributed by atoms with E-state index < -0.39 is 0 Å². The van der Waals surface area contributed by atoms with Crippen molar-refractivity contribution in [3.8, 4) is 17.1 Å². The third kappa shape index (κ3) is 3.04. The molecule has 0 aliphatic rings. The van der Waals surface area contributed by atoms with Crippen LogP contribution in [0.3, 0.4) is 0 Å². The highest BCUT2D eigenvalue weighted by atomic mass is 79.9. The molecule has 0 unspecified atom stereocenters. The number of aromatic nitrogens is 2. The zero-order valence-corrected chi connectivity index (χ0v) is 12.6. The van der Waals surface area contributed by atoms with Gasteiger partial charge >= 0.3 is 0 Å². The van der Waals surface area contributed by atoms with Crippen LogP contribution in [0.15, 0.2) is 33.5 Å². The summed E-state index contributed by atoms with van der Waals surface area (Å²) in [6, 6.07) is 7.09. The van der Waals surface area contributed by atoms with E-state index in [1.54, 1.807) is 7.11 Å². The van der Waals surface area contributed by atoms with Gasteiger partial charge in [-0.2, -0.15) is 0 Å². The van der Waals surface area contributed by atoms with E-state index in [-0.39, 0.29) is 11.5 Å². The standard InChI is InChI=1S/C14H15BrN2O2/c1-8(2)12-7-13(18)17-14(16-12)10-6-9(19-3)4-5-11(10)15/h4-8H,1-3H3,(H,16,17,18). The van der Waals surface area contributed by atoms with Crippen LogP contribution in [0.5, 0.6) is 5.75 Å². The summed E-state index contributed by atoms with van der Waals surface area (Å²) < 4.78 is 6.06. The maximum atomic E-state index is 11.7. The normalized spacial score (nSPS) is 10.8. The van der Waals surface area contributed by atoms with Crippen molar-refractivity contribution in [1.29, 1.82) is 0 Å². The minimum absolute atomic E-state index is 0.150. The number of hydrogen-bond acceptors (Lipinski definition) is 3. The van der Waals surface area contributed by atoms with E-state index in [0.29, 0.717) is 5.82 Å². The number of nitrogens with one attached hydrogen (secondary N) is 1. The Bertz CT molecular complexity index is 650. The summed E-state index contributed by atoms with van der Waals surface area (Å²) in [6.45, 7) is 4.01. The Labute approximate surface area is 120 Å². The van der Waals surface area contributed by atoms with E-state index in [0.717, 1.165) is 21.5 Å². The molecule has 1 aromatic carbocycles. The highest BCUT2D eigenvalue weighted by molar-refractivity contribution is 9.10. The summed E-state index contributed by atoms with van der Waals surface area (Å²) >= 11 is 3.46. The Morgan fingerprint density at radius 2 is 2.05 bits per heavy atom. The summed E-state index contributed by atoms with van der Waals surface area (Å²) in [5.41, 5.74) is 1.43. The molecule has 2 rings (SSSR count). The van der Waals surface area contributed by atoms with Crippen molar-refractivity contribution >= 4 is 15.9 Å². The zero-order valence-electron chi connectivity index (χ0n) is 11.0. The number of benzene rings is 1. The maximum absolute atomic E-state index is 11.7. The van der Waals surface area contributed by atoms with Gasteiger partial charge in [-0.3, -0.25) is 4.79 Å². The Kier molecular flexibility index (Phi) is 4.04. The van der Waals surface area contributed by atoms with Crippen LogP contribution in [0.1, 0.15) is 25.5 Å². The van der Waals surface area contributed by atoms with Gasteiger partial charge in [0.25, 0.3) is 5.56 Å². The van der Waals surface area contributed by atoms with E-state index in [4.69, 9.17) is 4.74 Å². The lowest BCUT2D eigenvalue weighted by atomic mass is 10.1. The van der Waals surface area contributed by atoms with Crippen LogP contribution in [0.4, 0.5) is 0 Å². The molecule has 100 valence electrons. The van der Waals surface area contributed by atoms with E-state index in [1.807, 2.05) is 32.0 Å². The number of ether oxygens (including phenoxy) is 1. The first kappa shape index (κ1) is 13.8. The van der Waals surface area contributed by atoms with Crippen molar-refractivity contribution in [2.24, 2.45) is 0 Å². The van der Waals surface area contributed by atoms with Gasteiger partial charge in [0.15, 0.2) is 0 Å². The van der Waals surface area contributed by atoms with Gasteiger partial charge in [0.05, 0.1) is 12.8 Å². The molecule has 19 heavy (non-hydrogen) atoms. The fourth-order valence-corrected chi connectivity index (χ4v) is 2.15. The summed E-state index contributed by atoms with van der Waals surface area (Å²) in [6.07, 6.45) is 0. The number of halogens is 1. The third-order valence-electron chi connectivity index (χ3n) is 2.78. The fourth-order valence-electron chi connectivity index (χ4n) is 1.71. The van der Waals surface area contributed by atoms with Crippen molar-refractivity contribution < 1.29 is 4.74 Å².